The normalized spacial score (nSPS) is 10.4. The van der Waals surface area contributed by atoms with Crippen LogP contribution in [0.2, 0.25) is 0 Å². The Morgan fingerprint density at radius 3 is 2.65 bits per heavy atom. The van der Waals surface area contributed by atoms with Crippen molar-refractivity contribution in [1.82, 2.24) is 15.5 Å². The molecule has 11 heteroatoms. The number of halogens is 3. The quantitative estimate of drug-likeness (QED) is 0.605. The molecule has 1 aromatic carbocycles. The van der Waals surface area contributed by atoms with Gasteiger partial charge in [-0.25, -0.2) is 13.2 Å². The van der Waals surface area contributed by atoms with Gasteiger partial charge in [0.25, 0.3) is 0 Å². The molecule has 23 heavy (non-hydrogen) atoms. The number of amides is 2. The van der Waals surface area contributed by atoms with Crippen molar-refractivity contribution in [2.24, 2.45) is 0 Å². The van der Waals surface area contributed by atoms with Crippen molar-refractivity contribution in [2.45, 2.75) is 4.34 Å². The van der Waals surface area contributed by atoms with Gasteiger partial charge in [0.15, 0.2) is 21.8 Å². The number of hydrogen-bond acceptors (Lipinski definition) is 6. The molecule has 0 saturated heterocycles. The molecule has 2 amide bonds. The first-order valence-electron chi connectivity index (χ1n) is 6.06. The van der Waals surface area contributed by atoms with Gasteiger partial charge in [0.2, 0.25) is 11.8 Å². The van der Waals surface area contributed by atoms with Crippen LogP contribution in [0, 0.1) is 17.5 Å². The topological polar surface area (TPSA) is 84.0 Å². The molecule has 2 aromatic rings. The number of thioether (sulfide) groups is 1. The molecule has 2 N–H and O–H groups in total. The van der Waals surface area contributed by atoms with Gasteiger partial charge >= 0.3 is 0 Å². The number of rotatable bonds is 6. The van der Waals surface area contributed by atoms with Crippen LogP contribution in [0.3, 0.4) is 0 Å². The van der Waals surface area contributed by atoms with E-state index in [2.05, 4.69) is 15.5 Å². The maximum atomic E-state index is 13.4. The molecule has 0 fully saturated rings. The Bertz CT molecular complexity index is 713. The largest absolute Gasteiger partial charge is 0.346 e. The second kappa shape index (κ2) is 7.92. The van der Waals surface area contributed by atoms with E-state index in [-0.39, 0.29) is 5.75 Å². The molecule has 0 aliphatic carbocycles. The van der Waals surface area contributed by atoms with Crippen LogP contribution in [-0.4, -0.2) is 34.3 Å². The number of hydrogen-bond donors (Lipinski definition) is 2. The van der Waals surface area contributed by atoms with E-state index in [1.807, 2.05) is 5.32 Å². The van der Waals surface area contributed by atoms with Crippen LogP contribution in [0.4, 0.5) is 18.9 Å². The number of anilines is 1. The summed E-state index contributed by atoms with van der Waals surface area (Å²) in [6, 6.07) is 1.57. The summed E-state index contributed by atoms with van der Waals surface area (Å²) in [5.74, 6) is -5.73. The second-order valence-electron chi connectivity index (χ2n) is 4.04. The van der Waals surface area contributed by atoms with Gasteiger partial charge < -0.3 is 10.6 Å². The molecule has 122 valence electrons. The molecule has 6 nitrogen and oxygen atoms in total. The molecule has 0 aliphatic rings. The van der Waals surface area contributed by atoms with Gasteiger partial charge in [0, 0.05) is 0 Å². The van der Waals surface area contributed by atoms with Gasteiger partial charge in [-0.3, -0.25) is 9.59 Å². The van der Waals surface area contributed by atoms with Gasteiger partial charge in [0.05, 0.1) is 18.0 Å². The van der Waals surface area contributed by atoms with Crippen LogP contribution >= 0.6 is 23.1 Å². The van der Waals surface area contributed by atoms with Gasteiger partial charge in [-0.1, -0.05) is 23.1 Å². The van der Waals surface area contributed by atoms with Crippen LogP contribution in [0.15, 0.2) is 22.0 Å². The van der Waals surface area contributed by atoms with Crippen molar-refractivity contribution in [2.75, 3.05) is 17.6 Å². The second-order valence-corrected chi connectivity index (χ2v) is 6.10. The molecule has 2 rings (SSSR count). The molecule has 1 aromatic heterocycles. The zero-order valence-electron chi connectivity index (χ0n) is 11.3. The molecular formula is C12H9F3N4O2S2. The van der Waals surface area contributed by atoms with Crippen LogP contribution in [0.5, 0.6) is 0 Å². The summed E-state index contributed by atoms with van der Waals surface area (Å²) in [5, 5.41) is 11.7. The fourth-order valence-corrected chi connectivity index (χ4v) is 2.72. The monoisotopic (exact) mass is 362 g/mol. The van der Waals surface area contributed by atoms with Crippen molar-refractivity contribution in [3.05, 3.63) is 35.1 Å². The lowest BCUT2D eigenvalue weighted by atomic mass is 10.2. The Labute approximate surface area is 136 Å². The van der Waals surface area contributed by atoms with Crippen LogP contribution in [-0.2, 0) is 9.59 Å². The summed E-state index contributed by atoms with van der Waals surface area (Å²) in [5.41, 5.74) is 1.01. The van der Waals surface area contributed by atoms with Gasteiger partial charge in [-0.05, 0) is 12.1 Å². The van der Waals surface area contributed by atoms with Crippen molar-refractivity contribution < 1.29 is 22.8 Å². The Hall–Kier alpha value is -2.14. The Kier molecular flexibility index (Phi) is 5.93. The summed E-state index contributed by atoms with van der Waals surface area (Å²) in [7, 11) is 0. The Morgan fingerprint density at radius 2 is 1.96 bits per heavy atom. The molecule has 0 atom stereocenters. The van der Waals surface area contributed by atoms with E-state index in [0.29, 0.717) is 10.4 Å². The predicted octanol–water partition coefficient (Wildman–Crippen LogP) is 1.80. The fraction of sp³-hybridized carbons (Fsp3) is 0.167. The molecule has 0 radical (unpaired) electrons. The molecule has 0 aliphatic heterocycles. The minimum Gasteiger partial charge on any atom is -0.346 e. The summed E-state index contributed by atoms with van der Waals surface area (Å²) in [6.45, 7) is -0.437. The Balaban J connectivity index is 1.79. The van der Waals surface area contributed by atoms with Gasteiger partial charge in [0.1, 0.15) is 5.51 Å². The number of carbonyl (C=O) groups is 2. The Morgan fingerprint density at radius 1 is 1.17 bits per heavy atom. The number of carbonyl (C=O) groups excluding carboxylic acids is 2. The highest BCUT2D eigenvalue weighted by Crippen LogP contribution is 2.19. The maximum absolute atomic E-state index is 13.4. The zero-order valence-corrected chi connectivity index (χ0v) is 12.9. The summed E-state index contributed by atoms with van der Waals surface area (Å²) >= 11 is 2.42. The highest BCUT2D eigenvalue weighted by molar-refractivity contribution is 8.01. The van der Waals surface area contributed by atoms with Crippen molar-refractivity contribution in [3.63, 3.8) is 0 Å². The first-order valence-corrected chi connectivity index (χ1v) is 7.93. The van der Waals surface area contributed by atoms with E-state index in [1.54, 1.807) is 0 Å². The minimum atomic E-state index is -1.68. The van der Waals surface area contributed by atoms with E-state index in [9.17, 15) is 22.8 Å². The average Bonchev–Trinajstić information content (AvgIpc) is 3.05. The zero-order chi connectivity index (χ0) is 16.8. The third-order valence-electron chi connectivity index (χ3n) is 2.42. The lowest BCUT2D eigenvalue weighted by Gasteiger charge is -2.08. The first-order chi connectivity index (χ1) is 11.0. The molecule has 0 spiro atoms. The standard InChI is InChI=1S/C12H9F3N4O2S2/c13-6-1-2-7(11(15)10(6)14)18-8(20)3-16-9(21)4-22-12-19-17-5-23-12/h1-2,5H,3-4H2,(H,16,21)(H,18,20). The molecular weight excluding hydrogens is 353 g/mol. The molecule has 0 unspecified atom stereocenters. The maximum Gasteiger partial charge on any atom is 0.243 e. The van der Waals surface area contributed by atoms with E-state index >= 15 is 0 Å². The predicted molar refractivity (Wildman–Crippen MR) is 78.6 cm³/mol. The third kappa shape index (κ3) is 4.93. The smallest absolute Gasteiger partial charge is 0.243 e. The fourth-order valence-electron chi connectivity index (χ4n) is 1.40. The SMILES string of the molecule is O=C(CSc1nncs1)NCC(=O)Nc1ccc(F)c(F)c1F. The van der Waals surface area contributed by atoms with Crippen molar-refractivity contribution in [1.29, 1.82) is 0 Å². The average molecular weight is 362 g/mol. The van der Waals surface area contributed by atoms with E-state index in [0.717, 1.165) is 17.8 Å². The number of nitrogens with zero attached hydrogens (tertiary/aromatic N) is 2. The summed E-state index contributed by atoms with van der Waals surface area (Å²) < 4.78 is 39.7. The summed E-state index contributed by atoms with van der Waals surface area (Å²) in [6.07, 6.45) is 0. The lowest BCUT2D eigenvalue weighted by molar-refractivity contribution is -0.122. The molecule has 1 heterocycles. The highest BCUT2D eigenvalue weighted by atomic mass is 32.2. The van der Waals surface area contributed by atoms with E-state index in [4.69, 9.17) is 0 Å². The minimum absolute atomic E-state index is 0.0298. The van der Waals surface area contributed by atoms with Crippen LogP contribution < -0.4 is 10.6 Å². The number of benzene rings is 1. The molecule has 0 bridgehead atoms. The third-order valence-corrected chi connectivity index (χ3v) is 4.28. The number of aromatic nitrogens is 2. The lowest BCUT2D eigenvalue weighted by Crippen LogP contribution is -2.34. The van der Waals surface area contributed by atoms with Crippen LogP contribution in [0.1, 0.15) is 0 Å². The highest BCUT2D eigenvalue weighted by Gasteiger charge is 2.15. The molecule has 0 saturated carbocycles. The number of nitrogens with one attached hydrogen (secondary N) is 2. The van der Waals surface area contributed by atoms with Gasteiger partial charge in [-0.2, -0.15) is 0 Å². The summed E-state index contributed by atoms with van der Waals surface area (Å²) in [4.78, 5) is 23.1. The van der Waals surface area contributed by atoms with E-state index < -0.39 is 41.5 Å². The van der Waals surface area contributed by atoms with E-state index in [1.165, 1.54) is 16.8 Å². The van der Waals surface area contributed by atoms with Gasteiger partial charge in [-0.15, -0.1) is 10.2 Å². The first kappa shape index (κ1) is 17.2. The van der Waals surface area contributed by atoms with Crippen molar-refractivity contribution >= 4 is 40.6 Å². The van der Waals surface area contributed by atoms with Crippen LogP contribution in [0.25, 0.3) is 0 Å². The van der Waals surface area contributed by atoms with Crippen molar-refractivity contribution in [3.8, 4) is 0 Å².